The Morgan fingerprint density at radius 2 is 1.79 bits per heavy atom. The van der Waals surface area contributed by atoms with Crippen molar-refractivity contribution in [3.63, 3.8) is 0 Å². The molecule has 0 aliphatic heterocycles. The molecule has 180 valence electrons. The maximum Gasteiger partial charge on any atom is 0.326 e. The number of carbonyl (C=O) groups is 3. The lowest BCUT2D eigenvalue weighted by Gasteiger charge is -2.13. The number of carboxylic acid groups (broad SMARTS) is 2. The first-order valence-corrected chi connectivity index (χ1v) is 11.2. The Labute approximate surface area is 191 Å². The van der Waals surface area contributed by atoms with E-state index < -0.39 is 45.9 Å². The third-order valence-electron chi connectivity index (χ3n) is 4.71. The van der Waals surface area contributed by atoms with Gasteiger partial charge in [-0.05, 0) is 30.2 Å². The number of anilines is 1. The molecule has 0 unspecified atom stereocenters. The summed E-state index contributed by atoms with van der Waals surface area (Å²) in [6.45, 7) is -0.151. The van der Waals surface area contributed by atoms with Gasteiger partial charge in [0.25, 0.3) is 21.5 Å². The van der Waals surface area contributed by atoms with Crippen molar-refractivity contribution < 1.29 is 33.0 Å². The number of fused-ring (bicyclic) bond motifs is 1. The molecular formula is C19H20N6O8S. The number of aromatic amines is 2. The summed E-state index contributed by atoms with van der Waals surface area (Å²) >= 11 is 0. The second-order valence-corrected chi connectivity index (χ2v) is 8.90. The zero-order valence-corrected chi connectivity index (χ0v) is 18.2. The Bertz CT molecular complexity index is 1410. The van der Waals surface area contributed by atoms with Gasteiger partial charge in [0.15, 0.2) is 0 Å². The lowest BCUT2D eigenvalue weighted by molar-refractivity contribution is -0.140. The Hall–Kier alpha value is -4.24. The number of H-pyrrole nitrogens is 2. The minimum atomic E-state index is -4.05. The molecule has 0 bridgehead atoms. The number of nitrogens with one attached hydrogen (secondary N) is 4. The molecule has 0 aliphatic carbocycles. The number of nitrogens with two attached hydrogens (primary N) is 1. The second-order valence-electron chi connectivity index (χ2n) is 7.17. The number of rotatable bonds is 10. The molecule has 0 saturated heterocycles. The predicted octanol–water partition coefficient (Wildman–Crippen LogP) is -0.640. The molecule has 3 aromatic rings. The molecule has 15 heteroatoms. The van der Waals surface area contributed by atoms with Gasteiger partial charge in [-0.2, -0.15) is 4.98 Å². The smallest absolute Gasteiger partial charge is 0.326 e. The normalized spacial score (nSPS) is 12.4. The summed E-state index contributed by atoms with van der Waals surface area (Å²) in [4.78, 5) is 54.6. The van der Waals surface area contributed by atoms with Gasteiger partial charge in [-0.25, -0.2) is 17.9 Å². The largest absolute Gasteiger partial charge is 0.481 e. The van der Waals surface area contributed by atoms with Crippen molar-refractivity contribution in [2.24, 2.45) is 0 Å². The molecule has 0 radical (unpaired) electrons. The maximum atomic E-state index is 12.6. The number of benzene rings is 1. The highest BCUT2D eigenvalue weighted by Crippen LogP contribution is 2.15. The molecule has 0 fully saturated rings. The Kier molecular flexibility index (Phi) is 6.97. The third-order valence-corrected chi connectivity index (χ3v) is 6.04. The van der Waals surface area contributed by atoms with Crippen LogP contribution in [0.4, 0.5) is 5.95 Å². The van der Waals surface area contributed by atoms with Crippen LogP contribution >= 0.6 is 0 Å². The highest BCUT2D eigenvalue weighted by Gasteiger charge is 2.22. The summed E-state index contributed by atoms with van der Waals surface area (Å²) in [6, 6.07) is 5.41. The number of hydrogen-bond donors (Lipinski definition) is 7. The van der Waals surface area contributed by atoms with Gasteiger partial charge in [-0.15, -0.1) is 0 Å². The van der Waals surface area contributed by atoms with Crippen LogP contribution in [0.15, 0.2) is 40.2 Å². The van der Waals surface area contributed by atoms with Gasteiger partial charge in [-0.3, -0.25) is 19.4 Å². The second kappa shape index (κ2) is 9.72. The summed E-state index contributed by atoms with van der Waals surface area (Å²) in [5, 5.41) is 19.8. The van der Waals surface area contributed by atoms with Crippen molar-refractivity contribution in [3.05, 3.63) is 51.8 Å². The van der Waals surface area contributed by atoms with Crippen molar-refractivity contribution in [1.29, 1.82) is 0 Å². The fourth-order valence-electron chi connectivity index (χ4n) is 2.95. The average Bonchev–Trinajstić information content (AvgIpc) is 3.20. The van der Waals surface area contributed by atoms with Crippen molar-refractivity contribution in [1.82, 2.24) is 25.0 Å². The number of aliphatic carboxylic acids is 2. The van der Waals surface area contributed by atoms with Gasteiger partial charge in [-0.1, -0.05) is 12.1 Å². The highest BCUT2D eigenvalue weighted by molar-refractivity contribution is 7.89. The molecule has 2 aromatic heterocycles. The standard InChI is InChI=1S/C19H20N6O8S/c20-19-24-15-11(17(29)25-19)7-13(23-15)34(32,33)21-8-9-1-3-10(4-2-9)16(28)22-12(18(30)31)5-6-14(26)27/h1-4,7,12,21H,5-6,8H2,(H,22,28)(H,26,27)(H,30,31)(H4,20,23,24,25,29)/t12-/m0/s1. The summed E-state index contributed by atoms with van der Waals surface area (Å²) < 4.78 is 27.5. The van der Waals surface area contributed by atoms with Crippen LogP contribution in [-0.4, -0.2) is 57.5 Å². The van der Waals surface area contributed by atoms with Gasteiger partial charge in [0.2, 0.25) is 5.95 Å². The Morgan fingerprint density at radius 3 is 2.41 bits per heavy atom. The number of aromatic nitrogens is 3. The molecular weight excluding hydrogens is 472 g/mol. The van der Waals surface area contributed by atoms with E-state index in [1.165, 1.54) is 24.3 Å². The molecule has 2 heterocycles. The molecule has 0 spiro atoms. The van der Waals surface area contributed by atoms with Gasteiger partial charge < -0.3 is 26.2 Å². The summed E-state index contributed by atoms with van der Waals surface area (Å²) in [7, 11) is -4.05. The molecule has 3 rings (SSSR count). The monoisotopic (exact) mass is 492 g/mol. The SMILES string of the molecule is Nc1nc2[nH]c(S(=O)(=O)NCc3ccc(C(=O)N[C@@H](CCC(=O)O)C(=O)O)cc3)cc2c(=O)[nH]1. The van der Waals surface area contributed by atoms with E-state index in [1.807, 2.05) is 0 Å². The lowest BCUT2D eigenvalue weighted by Crippen LogP contribution is -2.41. The molecule has 1 atom stereocenters. The number of nitrogen functional groups attached to an aromatic ring is 1. The zero-order chi connectivity index (χ0) is 25.0. The molecule has 0 saturated carbocycles. The number of carboxylic acids is 2. The quantitative estimate of drug-likeness (QED) is 0.189. The van der Waals surface area contributed by atoms with Crippen LogP contribution in [0.2, 0.25) is 0 Å². The minimum Gasteiger partial charge on any atom is -0.481 e. The molecule has 1 amide bonds. The summed E-state index contributed by atoms with van der Waals surface area (Å²) in [5.74, 6) is -3.44. The number of amides is 1. The van der Waals surface area contributed by atoms with E-state index in [9.17, 15) is 27.6 Å². The van der Waals surface area contributed by atoms with E-state index in [1.54, 1.807) is 0 Å². The lowest BCUT2D eigenvalue weighted by atomic mass is 10.1. The van der Waals surface area contributed by atoms with E-state index >= 15 is 0 Å². The molecule has 0 aliphatic rings. The molecule has 34 heavy (non-hydrogen) atoms. The van der Waals surface area contributed by atoms with E-state index in [-0.39, 0.29) is 40.5 Å². The highest BCUT2D eigenvalue weighted by atomic mass is 32.2. The van der Waals surface area contributed by atoms with E-state index in [2.05, 4.69) is 25.0 Å². The van der Waals surface area contributed by atoms with Gasteiger partial charge in [0.05, 0.1) is 5.39 Å². The van der Waals surface area contributed by atoms with Crippen LogP contribution in [0.1, 0.15) is 28.8 Å². The Balaban J connectivity index is 1.65. The first-order valence-electron chi connectivity index (χ1n) is 9.69. The Morgan fingerprint density at radius 1 is 1.12 bits per heavy atom. The number of nitrogens with zero attached hydrogens (tertiary/aromatic N) is 1. The predicted molar refractivity (Wildman–Crippen MR) is 117 cm³/mol. The van der Waals surface area contributed by atoms with E-state index in [4.69, 9.17) is 15.9 Å². The van der Waals surface area contributed by atoms with Crippen molar-refractivity contribution in [2.75, 3.05) is 5.73 Å². The zero-order valence-electron chi connectivity index (χ0n) is 17.4. The third kappa shape index (κ3) is 5.76. The van der Waals surface area contributed by atoms with Crippen molar-refractivity contribution in [2.45, 2.75) is 30.5 Å². The number of sulfonamides is 1. The summed E-state index contributed by atoms with van der Waals surface area (Å²) in [6.07, 6.45) is -0.706. The molecule has 1 aromatic carbocycles. The average molecular weight is 492 g/mol. The van der Waals surface area contributed by atoms with Gasteiger partial charge in [0, 0.05) is 18.5 Å². The minimum absolute atomic E-state index is 0.0139. The molecule has 14 nitrogen and oxygen atoms in total. The number of hydrogen-bond acceptors (Lipinski definition) is 8. The fraction of sp³-hybridized carbons (Fsp3) is 0.211. The van der Waals surface area contributed by atoms with Crippen LogP contribution in [-0.2, 0) is 26.2 Å². The van der Waals surface area contributed by atoms with E-state index in [0.29, 0.717) is 5.56 Å². The van der Waals surface area contributed by atoms with Crippen LogP contribution in [0.5, 0.6) is 0 Å². The van der Waals surface area contributed by atoms with Gasteiger partial charge in [0.1, 0.15) is 16.7 Å². The first-order chi connectivity index (χ1) is 16.0. The van der Waals surface area contributed by atoms with E-state index in [0.717, 1.165) is 6.07 Å². The van der Waals surface area contributed by atoms with Crippen LogP contribution in [0, 0.1) is 0 Å². The number of carbonyl (C=O) groups excluding carboxylic acids is 1. The maximum absolute atomic E-state index is 12.6. The van der Waals surface area contributed by atoms with Crippen LogP contribution in [0.25, 0.3) is 11.0 Å². The van der Waals surface area contributed by atoms with Crippen LogP contribution < -0.4 is 21.3 Å². The summed E-state index contributed by atoms with van der Waals surface area (Å²) in [5.41, 5.74) is 5.45. The van der Waals surface area contributed by atoms with Crippen molar-refractivity contribution in [3.8, 4) is 0 Å². The fourth-order valence-corrected chi connectivity index (χ4v) is 3.97. The van der Waals surface area contributed by atoms with Crippen molar-refractivity contribution >= 4 is 44.9 Å². The van der Waals surface area contributed by atoms with Gasteiger partial charge >= 0.3 is 11.9 Å². The first kappa shape index (κ1) is 24.4. The molecule has 8 N–H and O–H groups in total. The topological polar surface area (TPSA) is 237 Å². The van der Waals surface area contributed by atoms with Crippen LogP contribution in [0.3, 0.4) is 0 Å².